The number of hydrogen-bond donors (Lipinski definition) is 1. The lowest BCUT2D eigenvalue weighted by Gasteiger charge is -2.52. The van der Waals surface area contributed by atoms with Gasteiger partial charge in [-0.3, -0.25) is 4.79 Å². The van der Waals surface area contributed by atoms with E-state index in [2.05, 4.69) is 20.8 Å². The number of rotatable bonds is 11. The summed E-state index contributed by atoms with van der Waals surface area (Å²) in [4.78, 5) is 24.5. The zero-order valence-corrected chi connectivity index (χ0v) is 27.1. The van der Waals surface area contributed by atoms with Crippen molar-refractivity contribution in [2.45, 2.75) is 122 Å². The Morgan fingerprint density at radius 3 is 2.38 bits per heavy atom. The second-order valence-corrected chi connectivity index (χ2v) is 16.5. The fourth-order valence-corrected chi connectivity index (χ4v) is 8.98. The topological polar surface area (TPSA) is 123 Å². The zero-order valence-electron chi connectivity index (χ0n) is 26.1. The molecule has 10 nitrogen and oxygen atoms in total. The molecule has 1 aromatic heterocycles. The van der Waals surface area contributed by atoms with Gasteiger partial charge >= 0.3 is 5.63 Å². The average Bonchev–Trinajstić information content (AvgIpc) is 2.95. The normalized spacial score (nSPS) is 26.3. The quantitative estimate of drug-likeness (QED) is 0.190. The van der Waals surface area contributed by atoms with Crippen LogP contribution in [-0.4, -0.2) is 69.4 Å². The number of methoxy groups -OCH3 is 1. The minimum Gasteiger partial charge on any atom is -0.506 e. The molecule has 0 spiro atoms. The maximum atomic E-state index is 12.6. The van der Waals surface area contributed by atoms with Crippen molar-refractivity contribution in [3.8, 4) is 11.5 Å². The van der Waals surface area contributed by atoms with Gasteiger partial charge in [-0.2, -0.15) is 0 Å². The van der Waals surface area contributed by atoms with Crippen LogP contribution in [0.2, 0.25) is 18.1 Å². The predicted octanol–water partition coefficient (Wildman–Crippen LogP) is 5.84. The van der Waals surface area contributed by atoms with Gasteiger partial charge in [0, 0.05) is 19.3 Å². The maximum Gasteiger partial charge on any atom is 0.351 e. The van der Waals surface area contributed by atoms with Crippen LogP contribution in [0.4, 0.5) is 0 Å². The van der Waals surface area contributed by atoms with Gasteiger partial charge < -0.3 is 37.6 Å². The van der Waals surface area contributed by atoms with Gasteiger partial charge in [-0.25, -0.2) is 4.79 Å². The lowest BCUT2D eigenvalue weighted by atomic mass is 9.89. The van der Waals surface area contributed by atoms with Crippen molar-refractivity contribution in [3.63, 3.8) is 0 Å². The SMILES string of the molecule is CC[Si](CC)(CC)O[C@H]1[C@@H](OC2CCCCO2)[C@H](Oc2ccc3c(O)c(C(C)=O)c(=O)oc3c2C)OC(C)(C)[C@@H]1OC. The fraction of sp³-hybridized carbons (Fsp3) is 0.677. The second-order valence-electron chi connectivity index (χ2n) is 11.8. The second kappa shape index (κ2) is 13.2. The van der Waals surface area contributed by atoms with Crippen LogP contribution in [0, 0.1) is 6.92 Å². The number of ether oxygens (including phenoxy) is 5. The highest BCUT2D eigenvalue weighted by molar-refractivity contribution is 6.73. The number of carbonyl (C=O) groups is 1. The van der Waals surface area contributed by atoms with Crippen LogP contribution in [0.25, 0.3) is 11.0 Å². The zero-order chi connectivity index (χ0) is 30.8. The number of carbonyl (C=O) groups excluding carboxylic acids is 1. The van der Waals surface area contributed by atoms with Crippen molar-refractivity contribution in [3.05, 3.63) is 33.7 Å². The Morgan fingerprint density at radius 1 is 1.12 bits per heavy atom. The van der Waals surface area contributed by atoms with Crippen molar-refractivity contribution < 1.29 is 42.4 Å². The summed E-state index contributed by atoms with van der Waals surface area (Å²) >= 11 is 0. The highest BCUT2D eigenvalue weighted by Crippen LogP contribution is 2.41. The fourth-order valence-electron chi connectivity index (χ4n) is 6.15. The molecule has 2 aliphatic rings. The molecule has 1 unspecified atom stereocenters. The third kappa shape index (κ3) is 6.32. The molecule has 3 heterocycles. The molecule has 11 heteroatoms. The van der Waals surface area contributed by atoms with E-state index in [1.54, 1.807) is 26.2 Å². The van der Waals surface area contributed by atoms with E-state index in [1.807, 2.05) is 13.8 Å². The van der Waals surface area contributed by atoms with E-state index in [4.69, 9.17) is 32.5 Å². The van der Waals surface area contributed by atoms with Crippen molar-refractivity contribution in [2.24, 2.45) is 0 Å². The molecule has 1 N–H and O–H groups in total. The molecule has 2 fully saturated rings. The summed E-state index contributed by atoms with van der Waals surface area (Å²) < 4.78 is 44.4. The van der Waals surface area contributed by atoms with E-state index in [9.17, 15) is 14.7 Å². The number of benzene rings is 1. The molecule has 2 aromatic rings. The molecule has 0 amide bonds. The van der Waals surface area contributed by atoms with Crippen molar-refractivity contribution in [1.29, 1.82) is 0 Å². The Hall–Kier alpha value is -2.28. The number of Topliss-reactive ketones (excluding diaryl/α,β-unsaturated/α-hetero) is 1. The van der Waals surface area contributed by atoms with E-state index in [1.165, 1.54) is 6.92 Å². The standard InChI is InChI=1S/C31H46O10Si/c1-9-42(10-2,11-3)41-26-27(38-22-14-12-13-17-36-22)30(40-31(6,7)28(26)35-8)37-21-16-15-20-24(33)23(19(5)32)29(34)39-25(20)18(21)4/h15-16,22,26-28,30,33H,9-14,17H2,1-8H3/t22?,26-,27+,28+,30+/m0/s1. The summed E-state index contributed by atoms with van der Waals surface area (Å²) in [5.74, 6) is -0.613. The molecule has 0 aliphatic carbocycles. The van der Waals surface area contributed by atoms with Crippen LogP contribution in [0.3, 0.4) is 0 Å². The molecule has 2 saturated heterocycles. The van der Waals surface area contributed by atoms with Crippen LogP contribution in [0.5, 0.6) is 11.5 Å². The van der Waals surface area contributed by atoms with Crippen LogP contribution < -0.4 is 10.4 Å². The van der Waals surface area contributed by atoms with E-state index in [-0.39, 0.29) is 16.5 Å². The van der Waals surface area contributed by atoms with E-state index in [0.29, 0.717) is 17.9 Å². The Bertz CT molecular complexity index is 1300. The first kappa shape index (κ1) is 32.6. The third-order valence-corrected chi connectivity index (χ3v) is 13.5. The van der Waals surface area contributed by atoms with Gasteiger partial charge in [0.25, 0.3) is 0 Å². The first-order chi connectivity index (χ1) is 19.9. The Labute approximate surface area is 248 Å². The van der Waals surface area contributed by atoms with Crippen LogP contribution >= 0.6 is 0 Å². The van der Waals surface area contributed by atoms with Gasteiger partial charge in [-0.15, -0.1) is 0 Å². The lowest BCUT2D eigenvalue weighted by molar-refractivity contribution is -0.336. The van der Waals surface area contributed by atoms with Gasteiger partial charge in [-0.1, -0.05) is 20.8 Å². The van der Waals surface area contributed by atoms with Gasteiger partial charge in [0.15, 0.2) is 26.5 Å². The monoisotopic (exact) mass is 606 g/mol. The minimum atomic E-state index is -2.15. The summed E-state index contributed by atoms with van der Waals surface area (Å²) in [6, 6.07) is 6.06. The maximum absolute atomic E-state index is 12.6. The first-order valence-corrected chi connectivity index (χ1v) is 17.6. The minimum absolute atomic E-state index is 0.125. The molecule has 1 aromatic carbocycles. The molecule has 0 radical (unpaired) electrons. The third-order valence-electron chi connectivity index (χ3n) is 8.86. The number of aromatic hydroxyl groups is 1. The molecule has 0 saturated carbocycles. The van der Waals surface area contributed by atoms with Crippen LogP contribution in [-0.2, 0) is 23.4 Å². The molecule has 2 aliphatic heterocycles. The first-order valence-electron chi connectivity index (χ1n) is 15.0. The smallest absolute Gasteiger partial charge is 0.351 e. The Morgan fingerprint density at radius 2 is 1.81 bits per heavy atom. The van der Waals surface area contributed by atoms with E-state index in [0.717, 1.165) is 37.4 Å². The van der Waals surface area contributed by atoms with Crippen molar-refractivity contribution >= 4 is 25.1 Å². The summed E-state index contributed by atoms with van der Waals surface area (Å²) in [5, 5.41) is 10.9. The highest BCUT2D eigenvalue weighted by atomic mass is 28.4. The molecule has 4 rings (SSSR count). The molecular weight excluding hydrogens is 560 g/mol. The van der Waals surface area contributed by atoms with Gasteiger partial charge in [0.1, 0.15) is 34.9 Å². The Balaban J connectivity index is 1.79. The van der Waals surface area contributed by atoms with Gasteiger partial charge in [0.2, 0.25) is 6.29 Å². The number of aryl methyl sites for hydroxylation is 1. The molecule has 0 bridgehead atoms. The van der Waals surface area contributed by atoms with Gasteiger partial charge in [0.05, 0.1) is 11.0 Å². The largest absolute Gasteiger partial charge is 0.506 e. The summed E-state index contributed by atoms with van der Waals surface area (Å²) in [6.45, 7) is 14.0. The van der Waals surface area contributed by atoms with E-state index >= 15 is 0 Å². The van der Waals surface area contributed by atoms with Crippen LogP contribution in [0.15, 0.2) is 21.3 Å². The number of hydrogen-bond acceptors (Lipinski definition) is 10. The summed E-state index contributed by atoms with van der Waals surface area (Å²) in [5.41, 5.74) is -1.50. The summed E-state index contributed by atoms with van der Waals surface area (Å²) in [6.07, 6.45) is -0.298. The lowest BCUT2D eigenvalue weighted by Crippen LogP contribution is -2.67. The molecule has 42 heavy (non-hydrogen) atoms. The highest BCUT2D eigenvalue weighted by Gasteiger charge is 2.55. The number of fused-ring (bicyclic) bond motifs is 1. The average molecular weight is 607 g/mol. The summed E-state index contributed by atoms with van der Waals surface area (Å²) in [7, 11) is -0.488. The molecule has 5 atom stereocenters. The number of ketones is 1. The predicted molar refractivity (Wildman–Crippen MR) is 160 cm³/mol. The van der Waals surface area contributed by atoms with Crippen molar-refractivity contribution in [2.75, 3.05) is 13.7 Å². The Kier molecular flexibility index (Phi) is 10.2. The van der Waals surface area contributed by atoms with E-state index < -0.39 is 62.0 Å². The van der Waals surface area contributed by atoms with Gasteiger partial charge in [-0.05, 0) is 77.2 Å². The molecule has 234 valence electrons. The van der Waals surface area contributed by atoms with Crippen molar-refractivity contribution in [1.82, 2.24) is 0 Å². The molecular formula is C31H46O10Si. The van der Waals surface area contributed by atoms with Crippen LogP contribution in [0.1, 0.15) is 76.7 Å².